The number of carbonyl (C=O) groups is 3. The predicted molar refractivity (Wildman–Crippen MR) is 218 cm³/mol. The van der Waals surface area contributed by atoms with Crippen LogP contribution in [0.4, 0.5) is 0 Å². The van der Waals surface area contributed by atoms with Crippen LogP contribution in [-0.2, 0) is 22.6 Å². The van der Waals surface area contributed by atoms with E-state index >= 15 is 0 Å². The molecule has 2 saturated heterocycles. The third kappa shape index (κ3) is 8.59. The normalized spacial score (nSPS) is 17.8. The highest BCUT2D eigenvalue weighted by Crippen LogP contribution is 2.47. The number of imide groups is 1. The van der Waals surface area contributed by atoms with E-state index in [0.29, 0.717) is 25.1 Å². The van der Waals surface area contributed by atoms with Crippen LogP contribution < -0.4 is 14.8 Å². The van der Waals surface area contributed by atoms with Crippen LogP contribution in [0.3, 0.4) is 0 Å². The lowest BCUT2D eigenvalue weighted by Gasteiger charge is -2.31. The first-order chi connectivity index (χ1) is 26.8. The van der Waals surface area contributed by atoms with E-state index in [1.807, 2.05) is 48.5 Å². The first kappa shape index (κ1) is 37.2. The fourth-order valence-electron chi connectivity index (χ4n) is 8.01. The smallest absolute Gasteiger partial charge is 0.255 e. The molecule has 0 saturated carbocycles. The van der Waals surface area contributed by atoms with Crippen molar-refractivity contribution in [3.63, 3.8) is 0 Å². The molecule has 1 aromatic heterocycles. The van der Waals surface area contributed by atoms with Crippen LogP contribution in [-0.4, -0.2) is 64.9 Å². The third-order valence-corrected chi connectivity index (χ3v) is 12.8. The predicted octanol–water partition coefficient (Wildman–Crippen LogP) is 9.09. The largest absolute Gasteiger partial charge is 0.508 e. The molecule has 0 spiro atoms. The van der Waals surface area contributed by atoms with Gasteiger partial charge in [0.2, 0.25) is 11.8 Å². The molecular weight excluding hydrogens is 778 g/mol. The summed E-state index contributed by atoms with van der Waals surface area (Å²) in [7, 11) is 0. The van der Waals surface area contributed by atoms with Crippen LogP contribution >= 0.6 is 27.3 Å². The van der Waals surface area contributed by atoms with Crippen LogP contribution in [0.1, 0.15) is 66.4 Å². The maximum atomic E-state index is 13.0. The van der Waals surface area contributed by atoms with E-state index in [2.05, 4.69) is 50.4 Å². The van der Waals surface area contributed by atoms with E-state index in [9.17, 15) is 19.5 Å². The van der Waals surface area contributed by atoms with Crippen LogP contribution in [0, 0.1) is 5.92 Å². The van der Waals surface area contributed by atoms with Crippen LogP contribution in [0.25, 0.3) is 20.5 Å². The average Bonchev–Trinajstić information content (AvgIpc) is 3.70. The maximum Gasteiger partial charge on any atom is 0.255 e. The van der Waals surface area contributed by atoms with Crippen molar-refractivity contribution in [2.45, 2.75) is 64.0 Å². The molecule has 0 bridgehead atoms. The zero-order valence-electron chi connectivity index (χ0n) is 30.6. The number of rotatable bonds is 13. The van der Waals surface area contributed by atoms with Gasteiger partial charge in [0, 0.05) is 39.6 Å². The number of unbranched alkanes of at least 4 members (excludes halogenated alkanes) is 1. The number of nitrogens with one attached hydrogen (secondary N) is 1. The number of fused-ring (bicyclic) bond motifs is 2. The number of ether oxygens (including phenoxy) is 2. The van der Waals surface area contributed by atoms with Crippen molar-refractivity contribution in [1.82, 2.24) is 15.1 Å². The van der Waals surface area contributed by atoms with Gasteiger partial charge in [0.25, 0.3) is 5.91 Å². The number of benzene rings is 4. The van der Waals surface area contributed by atoms with E-state index in [1.54, 1.807) is 28.4 Å². The van der Waals surface area contributed by atoms with Gasteiger partial charge in [0.15, 0.2) is 5.75 Å². The van der Waals surface area contributed by atoms with Crippen LogP contribution in [0.2, 0.25) is 0 Å². The Kier molecular flexibility index (Phi) is 11.2. The number of phenolic OH excluding ortho intramolecular Hbond substituents is 1. The quantitative estimate of drug-likeness (QED) is 0.0902. The fourth-order valence-corrected chi connectivity index (χ4v) is 9.45. The molecule has 2 fully saturated rings. The second-order valence-corrected chi connectivity index (χ2v) is 16.8. The second-order valence-electron chi connectivity index (χ2n) is 14.8. The molecule has 55 heavy (non-hydrogen) atoms. The zero-order valence-corrected chi connectivity index (χ0v) is 33.0. The highest BCUT2D eigenvalue weighted by molar-refractivity contribution is 9.10. The summed E-state index contributed by atoms with van der Waals surface area (Å²) in [6.07, 6.45) is 7.58. The van der Waals surface area contributed by atoms with Crippen molar-refractivity contribution in [1.29, 1.82) is 0 Å². The molecule has 3 aliphatic heterocycles. The molecular formula is C44H44BrN3O6S. The number of phenols is 1. The van der Waals surface area contributed by atoms with Gasteiger partial charge in [0.1, 0.15) is 29.9 Å². The molecule has 9 nitrogen and oxygen atoms in total. The number of piperidine rings is 2. The van der Waals surface area contributed by atoms with E-state index in [-0.39, 0.29) is 29.9 Å². The first-order valence-corrected chi connectivity index (χ1v) is 20.8. The summed E-state index contributed by atoms with van der Waals surface area (Å²) < 4.78 is 14.6. The van der Waals surface area contributed by atoms with Gasteiger partial charge in [-0.05, 0) is 128 Å². The molecule has 3 amide bonds. The number of nitrogens with zero attached hydrogens (tertiary/aromatic N) is 2. The molecule has 0 radical (unpaired) electrons. The molecule has 4 heterocycles. The van der Waals surface area contributed by atoms with E-state index < -0.39 is 6.04 Å². The standard InChI is InChI=1S/C44H44BrN3O6S/c45-32-8-6-30(7-9-32)42-41(37-16-10-33(49)26-39(37)55-42)54-35-13-11-34(12-14-35)53-24-23-47-21-19-28(20-22-47)3-1-2-4-29-5-15-36-31(25-29)27-48(44(36)52)38-17-18-40(50)46-43(38)51/h5-16,25-26,28,38,49H,1-4,17-24,27H2,(H,46,50,51). The Morgan fingerprint density at radius 3 is 2.44 bits per heavy atom. The van der Waals surface area contributed by atoms with Gasteiger partial charge < -0.3 is 19.5 Å². The molecule has 2 N–H and O–H groups in total. The lowest BCUT2D eigenvalue weighted by Crippen LogP contribution is -2.52. The maximum absolute atomic E-state index is 13.0. The fraction of sp³-hybridized carbons (Fsp3) is 0.341. The molecule has 0 aliphatic carbocycles. The third-order valence-electron chi connectivity index (χ3n) is 11.1. The van der Waals surface area contributed by atoms with Gasteiger partial charge in [-0.15, -0.1) is 11.3 Å². The number of thiophene rings is 1. The number of amides is 3. The lowest BCUT2D eigenvalue weighted by atomic mass is 9.90. The minimum atomic E-state index is -0.575. The van der Waals surface area contributed by atoms with Gasteiger partial charge in [-0.2, -0.15) is 0 Å². The molecule has 8 rings (SSSR count). The molecule has 284 valence electrons. The SMILES string of the molecule is O=C1CCC(N2Cc3cc(CCCCC4CCN(CCOc5ccc(Oc6c(-c7ccc(Br)cc7)sc7cc(O)ccc67)cc5)CC4)ccc3C2=O)C(=O)N1. The lowest BCUT2D eigenvalue weighted by molar-refractivity contribution is -0.136. The van der Waals surface area contributed by atoms with Gasteiger partial charge in [-0.25, -0.2) is 0 Å². The monoisotopic (exact) mass is 821 g/mol. The topological polar surface area (TPSA) is 108 Å². The number of aryl methyl sites for hydroxylation is 1. The Morgan fingerprint density at radius 2 is 1.65 bits per heavy atom. The van der Waals surface area contributed by atoms with Gasteiger partial charge in [-0.3, -0.25) is 24.6 Å². The minimum Gasteiger partial charge on any atom is -0.508 e. The van der Waals surface area contributed by atoms with Crippen molar-refractivity contribution < 1.29 is 29.0 Å². The highest BCUT2D eigenvalue weighted by Gasteiger charge is 2.39. The highest BCUT2D eigenvalue weighted by atomic mass is 79.9. The van der Waals surface area contributed by atoms with Gasteiger partial charge in [0.05, 0.1) is 4.88 Å². The molecule has 1 atom stereocenters. The number of carbonyl (C=O) groups excluding carboxylic acids is 3. The Bertz CT molecular complexity index is 2200. The van der Waals surface area contributed by atoms with Crippen molar-refractivity contribution in [3.8, 4) is 33.4 Å². The summed E-state index contributed by atoms with van der Waals surface area (Å²) in [6.45, 7) is 4.15. The van der Waals surface area contributed by atoms with Crippen molar-refractivity contribution >= 4 is 55.1 Å². The summed E-state index contributed by atoms with van der Waals surface area (Å²) in [5.41, 5.74) is 3.94. The number of hydrogen-bond acceptors (Lipinski definition) is 8. The van der Waals surface area contributed by atoms with Crippen LogP contribution in [0.5, 0.6) is 23.0 Å². The summed E-state index contributed by atoms with van der Waals surface area (Å²) in [5, 5.41) is 13.4. The second kappa shape index (κ2) is 16.6. The zero-order chi connectivity index (χ0) is 37.9. The van der Waals surface area contributed by atoms with Crippen LogP contribution in [0.15, 0.2) is 89.4 Å². The molecule has 4 aromatic carbocycles. The first-order valence-electron chi connectivity index (χ1n) is 19.2. The summed E-state index contributed by atoms with van der Waals surface area (Å²) in [5.74, 6) is 2.55. The molecule has 3 aliphatic rings. The Hall–Kier alpha value is -4.71. The summed E-state index contributed by atoms with van der Waals surface area (Å²) in [4.78, 5) is 42.0. The van der Waals surface area contributed by atoms with E-state index in [4.69, 9.17) is 9.47 Å². The van der Waals surface area contributed by atoms with Gasteiger partial charge in [-0.1, -0.05) is 53.0 Å². The Morgan fingerprint density at radius 1 is 0.873 bits per heavy atom. The Balaban J connectivity index is 0.750. The average molecular weight is 823 g/mol. The number of aromatic hydroxyl groups is 1. The Labute approximate surface area is 333 Å². The number of likely N-dealkylation sites (tertiary alicyclic amines) is 1. The van der Waals surface area contributed by atoms with E-state index in [1.165, 1.54) is 31.2 Å². The van der Waals surface area contributed by atoms with Crippen molar-refractivity contribution in [2.24, 2.45) is 5.92 Å². The molecule has 1 unspecified atom stereocenters. The number of halogens is 1. The summed E-state index contributed by atoms with van der Waals surface area (Å²) in [6, 6.07) is 26.9. The van der Waals surface area contributed by atoms with Gasteiger partial charge >= 0.3 is 0 Å². The molecule has 11 heteroatoms. The summed E-state index contributed by atoms with van der Waals surface area (Å²) >= 11 is 5.12. The minimum absolute atomic E-state index is 0.117. The number of hydrogen-bond donors (Lipinski definition) is 2. The van der Waals surface area contributed by atoms with Crippen molar-refractivity contribution in [3.05, 3.63) is 106 Å². The van der Waals surface area contributed by atoms with Crippen molar-refractivity contribution in [2.75, 3.05) is 26.2 Å². The van der Waals surface area contributed by atoms with E-state index in [0.717, 1.165) is 86.2 Å². The molecule has 5 aromatic rings.